The number of carbonyl (C=O) groups is 2. The molecule has 0 radical (unpaired) electrons. The van der Waals surface area contributed by atoms with E-state index < -0.39 is 5.97 Å². The molecule has 0 N–H and O–H groups in total. The van der Waals surface area contributed by atoms with E-state index in [9.17, 15) is 9.59 Å². The molecule has 0 unspecified atom stereocenters. The molecular weight excluding hydrogens is 486 g/mol. The quantitative estimate of drug-likeness (QED) is 0.176. The van der Waals surface area contributed by atoms with E-state index in [1.54, 1.807) is 68.0 Å². The van der Waals surface area contributed by atoms with Gasteiger partial charge in [-0.3, -0.25) is 9.69 Å². The van der Waals surface area contributed by atoms with Gasteiger partial charge in [0.15, 0.2) is 11.5 Å². The maximum absolute atomic E-state index is 12.8. The van der Waals surface area contributed by atoms with Crippen LogP contribution in [0.3, 0.4) is 0 Å². The number of thioether (sulfide) groups is 1. The lowest BCUT2D eigenvalue weighted by Crippen LogP contribution is -2.27. The van der Waals surface area contributed by atoms with Crippen LogP contribution in [-0.2, 0) is 16.1 Å². The SMILES string of the molecule is COc1ccc(/C=C/C(=O)Oc2ccc(/C=C3\SC(=S)N(Cc4ccco4)C3=O)cc2OC)cc1. The van der Waals surface area contributed by atoms with E-state index >= 15 is 0 Å². The molecule has 7 nitrogen and oxygen atoms in total. The second-order valence-electron chi connectivity index (χ2n) is 7.29. The summed E-state index contributed by atoms with van der Waals surface area (Å²) in [6, 6.07) is 15.9. The molecule has 178 valence electrons. The average Bonchev–Trinajstić information content (AvgIpc) is 3.48. The van der Waals surface area contributed by atoms with E-state index in [-0.39, 0.29) is 18.2 Å². The number of furan rings is 1. The first kappa shape index (κ1) is 24.3. The van der Waals surface area contributed by atoms with E-state index in [4.69, 9.17) is 30.8 Å². The zero-order valence-corrected chi connectivity index (χ0v) is 20.6. The van der Waals surface area contributed by atoms with Gasteiger partial charge in [-0.05, 0) is 59.7 Å². The molecule has 35 heavy (non-hydrogen) atoms. The number of benzene rings is 2. The van der Waals surface area contributed by atoms with Crippen LogP contribution in [0.4, 0.5) is 0 Å². The van der Waals surface area contributed by atoms with E-state index in [1.807, 2.05) is 12.1 Å². The predicted octanol–water partition coefficient (Wildman–Crippen LogP) is 5.32. The third-order valence-electron chi connectivity index (χ3n) is 4.99. The molecule has 9 heteroatoms. The number of methoxy groups -OCH3 is 2. The Morgan fingerprint density at radius 3 is 2.51 bits per heavy atom. The van der Waals surface area contributed by atoms with E-state index in [0.717, 1.165) is 11.3 Å². The third kappa shape index (κ3) is 6.00. The van der Waals surface area contributed by atoms with Gasteiger partial charge in [-0.2, -0.15) is 0 Å². The van der Waals surface area contributed by atoms with Gasteiger partial charge in [-0.15, -0.1) is 0 Å². The normalized spacial score (nSPS) is 14.7. The van der Waals surface area contributed by atoms with Crippen molar-refractivity contribution in [1.29, 1.82) is 0 Å². The third-order valence-corrected chi connectivity index (χ3v) is 6.37. The standard InChI is InChI=1S/C26H21NO6S2/c1-30-19-9-5-17(6-10-19)8-12-24(28)33-21-11-7-18(14-22(21)31-2)15-23-25(29)27(26(34)35-23)16-20-4-3-13-32-20/h3-15H,16H2,1-2H3/b12-8+,23-15-. The molecule has 1 aromatic heterocycles. The lowest BCUT2D eigenvalue weighted by atomic mass is 10.2. The summed E-state index contributed by atoms with van der Waals surface area (Å²) in [5, 5.41) is 0. The number of rotatable bonds is 8. The summed E-state index contributed by atoms with van der Waals surface area (Å²) in [5.74, 6) is 1.25. The molecule has 1 aliphatic rings. The van der Waals surface area contributed by atoms with Gasteiger partial charge >= 0.3 is 5.97 Å². The van der Waals surface area contributed by atoms with Crippen molar-refractivity contribution in [3.63, 3.8) is 0 Å². The highest BCUT2D eigenvalue weighted by Crippen LogP contribution is 2.35. The number of nitrogens with zero attached hydrogens (tertiary/aromatic N) is 1. The van der Waals surface area contributed by atoms with Gasteiger partial charge in [0.2, 0.25) is 0 Å². The monoisotopic (exact) mass is 507 g/mol. The van der Waals surface area contributed by atoms with Gasteiger partial charge in [0, 0.05) is 6.08 Å². The highest BCUT2D eigenvalue weighted by Gasteiger charge is 2.32. The minimum atomic E-state index is -0.550. The van der Waals surface area contributed by atoms with Crippen LogP contribution in [0.2, 0.25) is 0 Å². The lowest BCUT2D eigenvalue weighted by molar-refractivity contribution is -0.129. The Balaban J connectivity index is 1.44. The summed E-state index contributed by atoms with van der Waals surface area (Å²) in [4.78, 5) is 27.1. The zero-order chi connectivity index (χ0) is 24.8. The van der Waals surface area contributed by atoms with Crippen LogP contribution in [-0.4, -0.2) is 35.3 Å². The van der Waals surface area contributed by atoms with Crippen molar-refractivity contribution in [1.82, 2.24) is 4.90 Å². The molecule has 1 aliphatic heterocycles. The Hall–Kier alpha value is -3.82. The van der Waals surface area contributed by atoms with Gasteiger partial charge < -0.3 is 18.6 Å². The number of esters is 1. The van der Waals surface area contributed by atoms with E-state index in [1.165, 1.54) is 29.8 Å². The summed E-state index contributed by atoms with van der Waals surface area (Å²) in [6.45, 7) is 0.275. The minimum Gasteiger partial charge on any atom is -0.497 e. The first-order chi connectivity index (χ1) is 17.0. The number of hydrogen-bond donors (Lipinski definition) is 0. The highest BCUT2D eigenvalue weighted by atomic mass is 32.2. The summed E-state index contributed by atoms with van der Waals surface area (Å²) in [7, 11) is 3.07. The number of ether oxygens (including phenoxy) is 3. The van der Waals surface area contributed by atoms with Crippen molar-refractivity contribution in [2.24, 2.45) is 0 Å². The molecule has 4 rings (SSSR count). The average molecular weight is 508 g/mol. The molecule has 0 aliphatic carbocycles. The molecular formula is C26H21NO6S2. The first-order valence-electron chi connectivity index (χ1n) is 10.5. The molecule has 3 aromatic rings. The maximum Gasteiger partial charge on any atom is 0.336 e. The summed E-state index contributed by atoms with van der Waals surface area (Å²) >= 11 is 6.58. The Kier molecular flexibility index (Phi) is 7.69. The van der Waals surface area contributed by atoms with Crippen LogP contribution in [0.1, 0.15) is 16.9 Å². The molecule has 0 atom stereocenters. The lowest BCUT2D eigenvalue weighted by Gasteiger charge is -2.12. The van der Waals surface area contributed by atoms with Gasteiger partial charge in [0.25, 0.3) is 5.91 Å². The second kappa shape index (κ2) is 11.1. The molecule has 1 fully saturated rings. The van der Waals surface area contributed by atoms with Gasteiger partial charge in [0.1, 0.15) is 15.8 Å². The predicted molar refractivity (Wildman–Crippen MR) is 138 cm³/mol. The Bertz CT molecular complexity index is 1300. The van der Waals surface area contributed by atoms with Crippen LogP contribution in [0.25, 0.3) is 12.2 Å². The van der Waals surface area contributed by atoms with Crippen LogP contribution in [0.15, 0.2) is 76.3 Å². The van der Waals surface area contributed by atoms with Gasteiger partial charge in [-0.25, -0.2) is 4.79 Å². The first-order valence-corrected chi connectivity index (χ1v) is 11.7. The van der Waals surface area contributed by atoms with E-state index in [2.05, 4.69) is 0 Å². The largest absolute Gasteiger partial charge is 0.497 e. The van der Waals surface area contributed by atoms with Crippen molar-refractivity contribution >= 4 is 52.3 Å². The molecule has 0 spiro atoms. The molecule has 1 saturated heterocycles. The van der Waals surface area contributed by atoms with Crippen molar-refractivity contribution in [3.8, 4) is 17.2 Å². The maximum atomic E-state index is 12.8. The number of amides is 1. The fourth-order valence-corrected chi connectivity index (χ4v) is 4.48. The Labute approximate surface area is 212 Å². The van der Waals surface area contributed by atoms with Crippen molar-refractivity contribution in [3.05, 3.63) is 88.7 Å². The molecule has 1 amide bonds. The van der Waals surface area contributed by atoms with Gasteiger partial charge in [0.05, 0.1) is 31.9 Å². The Morgan fingerprint density at radius 2 is 1.83 bits per heavy atom. The number of hydrogen-bond acceptors (Lipinski definition) is 8. The summed E-state index contributed by atoms with van der Waals surface area (Å²) in [5.41, 5.74) is 1.53. The number of thiocarbonyl (C=S) groups is 1. The molecule has 2 aromatic carbocycles. The van der Waals surface area contributed by atoms with Crippen LogP contribution >= 0.6 is 24.0 Å². The molecule has 0 bridgehead atoms. The van der Waals surface area contributed by atoms with Crippen molar-refractivity contribution < 1.29 is 28.2 Å². The summed E-state index contributed by atoms with van der Waals surface area (Å²) in [6.07, 6.45) is 6.25. The van der Waals surface area contributed by atoms with Crippen molar-refractivity contribution in [2.75, 3.05) is 14.2 Å². The highest BCUT2D eigenvalue weighted by molar-refractivity contribution is 8.26. The zero-order valence-electron chi connectivity index (χ0n) is 18.9. The van der Waals surface area contributed by atoms with Crippen molar-refractivity contribution in [2.45, 2.75) is 6.54 Å². The molecule has 2 heterocycles. The summed E-state index contributed by atoms with van der Waals surface area (Å²) < 4.78 is 21.7. The fraction of sp³-hybridized carbons (Fsp3) is 0.115. The topological polar surface area (TPSA) is 78.2 Å². The smallest absolute Gasteiger partial charge is 0.336 e. The van der Waals surface area contributed by atoms with Crippen LogP contribution in [0, 0.1) is 0 Å². The fourth-order valence-electron chi connectivity index (χ4n) is 3.23. The Morgan fingerprint density at radius 1 is 1.06 bits per heavy atom. The van der Waals surface area contributed by atoms with E-state index in [0.29, 0.717) is 26.3 Å². The second-order valence-corrected chi connectivity index (χ2v) is 8.96. The molecule has 0 saturated carbocycles. The minimum absolute atomic E-state index is 0.199. The number of carbonyl (C=O) groups excluding carboxylic acids is 2. The van der Waals surface area contributed by atoms with Gasteiger partial charge in [-0.1, -0.05) is 42.2 Å². The van der Waals surface area contributed by atoms with Crippen LogP contribution < -0.4 is 14.2 Å². The van der Waals surface area contributed by atoms with Crippen LogP contribution in [0.5, 0.6) is 17.2 Å².